The van der Waals surface area contributed by atoms with Gasteiger partial charge in [0.05, 0.1) is 22.8 Å². The molecule has 1 aromatic heterocycles. The Bertz CT molecular complexity index is 1130. The van der Waals surface area contributed by atoms with E-state index in [4.69, 9.17) is 4.74 Å². The fourth-order valence-corrected chi connectivity index (χ4v) is 4.34. The smallest absolute Gasteiger partial charge is 0.261 e. The zero-order chi connectivity index (χ0) is 18.8. The summed E-state index contributed by atoms with van der Waals surface area (Å²) >= 11 is 4.96. The van der Waals surface area contributed by atoms with E-state index in [9.17, 15) is 4.79 Å². The molecular formula is C21H15BrN2O2S. The fraction of sp³-hybridized carbons (Fsp3) is 0.0476. The van der Waals surface area contributed by atoms with Crippen molar-refractivity contribution in [1.82, 2.24) is 4.98 Å². The number of rotatable bonds is 4. The number of methoxy groups -OCH3 is 1. The third kappa shape index (κ3) is 3.46. The highest BCUT2D eigenvalue weighted by Gasteiger charge is 2.19. The molecule has 27 heavy (non-hydrogen) atoms. The van der Waals surface area contributed by atoms with Gasteiger partial charge in [-0.25, -0.2) is 4.98 Å². The number of benzene rings is 3. The zero-order valence-corrected chi connectivity index (χ0v) is 16.8. The Balaban J connectivity index is 1.67. The van der Waals surface area contributed by atoms with Crippen molar-refractivity contribution in [2.75, 3.05) is 12.4 Å². The highest BCUT2D eigenvalue weighted by molar-refractivity contribution is 9.10. The summed E-state index contributed by atoms with van der Waals surface area (Å²) in [6, 6.07) is 19.5. The van der Waals surface area contributed by atoms with E-state index >= 15 is 0 Å². The van der Waals surface area contributed by atoms with Crippen LogP contribution in [0.4, 0.5) is 5.13 Å². The van der Waals surface area contributed by atoms with Crippen LogP contribution in [-0.4, -0.2) is 18.0 Å². The topological polar surface area (TPSA) is 51.2 Å². The monoisotopic (exact) mass is 438 g/mol. The summed E-state index contributed by atoms with van der Waals surface area (Å²) in [5, 5.41) is 7.31. The van der Waals surface area contributed by atoms with Gasteiger partial charge in [0.1, 0.15) is 5.75 Å². The lowest BCUT2D eigenvalue weighted by molar-refractivity contribution is 0.102. The number of halogens is 1. The number of nitrogens with one attached hydrogen (secondary N) is 1. The maximum absolute atomic E-state index is 12.9. The first-order chi connectivity index (χ1) is 13.2. The molecule has 0 atom stereocenters. The van der Waals surface area contributed by atoms with E-state index in [1.165, 1.54) is 11.3 Å². The van der Waals surface area contributed by atoms with Gasteiger partial charge in [0.2, 0.25) is 0 Å². The SMILES string of the molecule is COc1c(C(=O)Nc2nc(-c3ccccc3)cs2)cc2ccccc2c1Br. The maximum Gasteiger partial charge on any atom is 0.261 e. The van der Waals surface area contributed by atoms with Crippen LogP contribution in [0.5, 0.6) is 5.75 Å². The second-order valence-corrected chi connectivity index (χ2v) is 7.50. The van der Waals surface area contributed by atoms with Crippen LogP contribution in [0, 0.1) is 0 Å². The Morgan fingerprint density at radius 3 is 2.63 bits per heavy atom. The van der Waals surface area contributed by atoms with Crippen molar-refractivity contribution in [1.29, 1.82) is 0 Å². The molecule has 0 spiro atoms. The van der Waals surface area contributed by atoms with Gasteiger partial charge < -0.3 is 4.74 Å². The predicted octanol–water partition coefficient (Wildman–Crippen LogP) is 5.99. The number of hydrogen-bond donors (Lipinski definition) is 1. The first-order valence-electron chi connectivity index (χ1n) is 8.25. The number of amides is 1. The Hall–Kier alpha value is -2.70. The molecule has 0 fully saturated rings. The quantitative estimate of drug-likeness (QED) is 0.425. The second kappa shape index (κ2) is 7.50. The molecule has 0 aliphatic heterocycles. The lowest BCUT2D eigenvalue weighted by Crippen LogP contribution is -2.13. The molecule has 4 aromatic rings. The molecule has 0 saturated heterocycles. The molecule has 1 heterocycles. The van der Waals surface area contributed by atoms with Gasteiger partial charge in [0.25, 0.3) is 5.91 Å². The number of fused-ring (bicyclic) bond motifs is 1. The van der Waals surface area contributed by atoms with Gasteiger partial charge >= 0.3 is 0 Å². The Kier molecular flexibility index (Phi) is 4.92. The van der Waals surface area contributed by atoms with Crippen molar-refractivity contribution >= 4 is 49.1 Å². The normalized spacial score (nSPS) is 10.7. The van der Waals surface area contributed by atoms with E-state index in [-0.39, 0.29) is 5.91 Å². The van der Waals surface area contributed by atoms with Crippen molar-refractivity contribution in [3.05, 3.63) is 76.1 Å². The van der Waals surface area contributed by atoms with Crippen molar-refractivity contribution in [3.8, 4) is 17.0 Å². The predicted molar refractivity (Wildman–Crippen MR) is 114 cm³/mol. The molecule has 3 aromatic carbocycles. The van der Waals surface area contributed by atoms with Crippen molar-refractivity contribution in [3.63, 3.8) is 0 Å². The summed E-state index contributed by atoms with van der Waals surface area (Å²) in [7, 11) is 1.56. The number of carbonyl (C=O) groups is 1. The van der Waals surface area contributed by atoms with Crippen LogP contribution in [0.25, 0.3) is 22.0 Å². The van der Waals surface area contributed by atoms with Gasteiger partial charge in [-0.15, -0.1) is 11.3 Å². The molecule has 4 nitrogen and oxygen atoms in total. The summed E-state index contributed by atoms with van der Waals surface area (Å²) in [6.07, 6.45) is 0. The lowest BCUT2D eigenvalue weighted by Gasteiger charge is -2.12. The Morgan fingerprint density at radius 1 is 1.11 bits per heavy atom. The summed E-state index contributed by atoms with van der Waals surface area (Å²) in [4.78, 5) is 17.4. The zero-order valence-electron chi connectivity index (χ0n) is 14.4. The molecular weight excluding hydrogens is 424 g/mol. The first kappa shape index (κ1) is 17.7. The minimum Gasteiger partial charge on any atom is -0.495 e. The molecule has 134 valence electrons. The highest BCUT2D eigenvalue weighted by Crippen LogP contribution is 2.37. The van der Waals surface area contributed by atoms with Crippen LogP contribution in [-0.2, 0) is 0 Å². The van der Waals surface area contributed by atoms with Crippen LogP contribution in [0.2, 0.25) is 0 Å². The molecule has 1 amide bonds. The number of hydrogen-bond acceptors (Lipinski definition) is 4. The van der Waals surface area contributed by atoms with Crippen molar-refractivity contribution in [2.24, 2.45) is 0 Å². The van der Waals surface area contributed by atoms with Crippen LogP contribution >= 0.6 is 27.3 Å². The number of thiazole rings is 1. The molecule has 0 aliphatic rings. The van der Waals surface area contributed by atoms with Crippen LogP contribution in [0.3, 0.4) is 0 Å². The number of aromatic nitrogens is 1. The average molecular weight is 439 g/mol. The third-order valence-corrected chi connectivity index (χ3v) is 5.73. The van der Waals surface area contributed by atoms with Gasteiger partial charge in [0, 0.05) is 10.9 Å². The highest BCUT2D eigenvalue weighted by atomic mass is 79.9. The largest absolute Gasteiger partial charge is 0.495 e. The number of anilines is 1. The van der Waals surface area contributed by atoms with Gasteiger partial charge in [-0.1, -0.05) is 54.6 Å². The van der Waals surface area contributed by atoms with Crippen molar-refractivity contribution in [2.45, 2.75) is 0 Å². The molecule has 0 radical (unpaired) electrons. The summed E-state index contributed by atoms with van der Waals surface area (Å²) in [5.74, 6) is 0.248. The Morgan fingerprint density at radius 2 is 1.85 bits per heavy atom. The maximum atomic E-state index is 12.9. The van der Waals surface area contributed by atoms with E-state index in [0.29, 0.717) is 16.4 Å². The average Bonchev–Trinajstić information content (AvgIpc) is 3.17. The Labute approximate surface area is 169 Å². The second-order valence-electron chi connectivity index (χ2n) is 5.85. The van der Waals surface area contributed by atoms with Gasteiger partial charge in [-0.3, -0.25) is 10.1 Å². The van der Waals surface area contributed by atoms with E-state index in [0.717, 1.165) is 26.5 Å². The minimum atomic E-state index is -0.257. The summed E-state index contributed by atoms with van der Waals surface area (Å²) < 4.78 is 6.25. The lowest BCUT2D eigenvalue weighted by atomic mass is 10.1. The molecule has 0 bridgehead atoms. The molecule has 0 unspecified atom stereocenters. The standard InChI is InChI=1S/C21H15BrN2O2S/c1-26-19-16(11-14-9-5-6-10-15(14)18(19)22)20(25)24-21-23-17(12-27-21)13-7-3-2-4-8-13/h2-12H,1H3,(H,23,24,25). The molecule has 0 aliphatic carbocycles. The summed E-state index contributed by atoms with van der Waals surface area (Å²) in [6.45, 7) is 0. The van der Waals surface area contributed by atoms with Crippen LogP contribution in [0.1, 0.15) is 10.4 Å². The molecule has 1 N–H and O–H groups in total. The van der Waals surface area contributed by atoms with Crippen LogP contribution in [0.15, 0.2) is 70.5 Å². The third-order valence-electron chi connectivity index (χ3n) is 4.18. The van der Waals surface area contributed by atoms with Gasteiger partial charge in [-0.2, -0.15) is 0 Å². The van der Waals surface area contributed by atoms with E-state index in [1.807, 2.05) is 66.0 Å². The van der Waals surface area contributed by atoms with Crippen molar-refractivity contribution < 1.29 is 9.53 Å². The summed E-state index contributed by atoms with van der Waals surface area (Å²) in [5.41, 5.74) is 2.31. The van der Waals surface area contributed by atoms with Gasteiger partial charge in [-0.05, 0) is 32.8 Å². The minimum absolute atomic E-state index is 0.257. The van der Waals surface area contributed by atoms with E-state index in [1.54, 1.807) is 7.11 Å². The number of ether oxygens (including phenoxy) is 1. The first-order valence-corrected chi connectivity index (χ1v) is 9.92. The molecule has 0 saturated carbocycles. The molecule has 4 rings (SSSR count). The van der Waals surface area contributed by atoms with E-state index in [2.05, 4.69) is 26.2 Å². The van der Waals surface area contributed by atoms with E-state index < -0.39 is 0 Å². The number of carbonyl (C=O) groups excluding carboxylic acids is 1. The molecule has 6 heteroatoms. The number of nitrogens with zero attached hydrogens (tertiary/aromatic N) is 1. The van der Waals surface area contributed by atoms with Crippen LogP contribution < -0.4 is 10.1 Å². The van der Waals surface area contributed by atoms with Gasteiger partial charge in [0.15, 0.2) is 5.13 Å². The fourth-order valence-electron chi connectivity index (χ4n) is 2.89.